The Morgan fingerprint density at radius 1 is 1.58 bits per heavy atom. The monoisotopic (exact) mass is 282 g/mol. The fourth-order valence-electron chi connectivity index (χ4n) is 2.21. The van der Waals surface area contributed by atoms with Gasteiger partial charge in [0.2, 0.25) is 5.91 Å². The Balaban J connectivity index is 1.97. The maximum absolute atomic E-state index is 11.2. The highest BCUT2D eigenvalue weighted by Gasteiger charge is 2.24. The predicted molar refractivity (Wildman–Crippen MR) is 77.9 cm³/mol. The Labute approximate surface area is 118 Å². The number of alkyl halides is 1. The molecule has 5 nitrogen and oxygen atoms in total. The molecule has 1 aromatic heterocycles. The normalized spacial score (nSPS) is 18.9. The number of nitrogens with zero attached hydrogens (tertiary/aromatic N) is 3. The first-order valence-electron chi connectivity index (χ1n) is 6.33. The summed E-state index contributed by atoms with van der Waals surface area (Å²) in [5.74, 6) is 0.691. The predicted octanol–water partition coefficient (Wildman–Crippen LogP) is 1.40. The SMILES string of the molecule is CN(C)C1CCN(c2ccc(NC(=O)CCl)cn2)C1. The van der Waals surface area contributed by atoms with Gasteiger partial charge >= 0.3 is 0 Å². The average molecular weight is 283 g/mol. The lowest BCUT2D eigenvalue weighted by atomic mass is 10.2. The molecule has 2 rings (SSSR count). The average Bonchev–Trinajstić information content (AvgIpc) is 2.89. The molecule has 0 spiro atoms. The first-order valence-corrected chi connectivity index (χ1v) is 6.87. The number of anilines is 2. The molecule has 1 aliphatic heterocycles. The lowest BCUT2D eigenvalue weighted by Gasteiger charge is -2.21. The van der Waals surface area contributed by atoms with Gasteiger partial charge < -0.3 is 15.1 Å². The van der Waals surface area contributed by atoms with E-state index in [1.54, 1.807) is 6.20 Å². The van der Waals surface area contributed by atoms with Crippen molar-refractivity contribution in [2.45, 2.75) is 12.5 Å². The second-order valence-electron chi connectivity index (χ2n) is 4.94. The van der Waals surface area contributed by atoms with Crippen molar-refractivity contribution in [3.63, 3.8) is 0 Å². The molecule has 0 aromatic carbocycles. The van der Waals surface area contributed by atoms with E-state index < -0.39 is 0 Å². The minimum absolute atomic E-state index is 0.0433. The number of hydrogen-bond donors (Lipinski definition) is 1. The van der Waals surface area contributed by atoms with Gasteiger partial charge in [0.25, 0.3) is 0 Å². The van der Waals surface area contributed by atoms with E-state index in [1.807, 2.05) is 12.1 Å². The number of halogens is 1. The Morgan fingerprint density at radius 3 is 2.89 bits per heavy atom. The van der Waals surface area contributed by atoms with Crippen LogP contribution >= 0.6 is 11.6 Å². The number of pyridine rings is 1. The van der Waals surface area contributed by atoms with E-state index in [2.05, 4.69) is 34.2 Å². The van der Waals surface area contributed by atoms with Gasteiger partial charge in [-0.15, -0.1) is 11.6 Å². The number of rotatable bonds is 4. The zero-order valence-electron chi connectivity index (χ0n) is 11.3. The van der Waals surface area contributed by atoms with Gasteiger partial charge in [-0.25, -0.2) is 4.98 Å². The first-order chi connectivity index (χ1) is 9.10. The molecule has 1 amide bonds. The van der Waals surface area contributed by atoms with Gasteiger partial charge in [-0.3, -0.25) is 4.79 Å². The van der Waals surface area contributed by atoms with E-state index in [-0.39, 0.29) is 11.8 Å². The molecule has 1 unspecified atom stereocenters. The highest BCUT2D eigenvalue weighted by molar-refractivity contribution is 6.29. The summed E-state index contributed by atoms with van der Waals surface area (Å²) in [6, 6.07) is 4.37. The fraction of sp³-hybridized carbons (Fsp3) is 0.538. The third-order valence-electron chi connectivity index (χ3n) is 3.37. The van der Waals surface area contributed by atoms with Crippen molar-refractivity contribution in [1.82, 2.24) is 9.88 Å². The standard InChI is InChI=1S/C13H19ClN4O/c1-17(2)11-5-6-18(9-11)12-4-3-10(8-15-12)16-13(19)7-14/h3-4,8,11H,5-7,9H2,1-2H3,(H,16,19). The summed E-state index contributed by atoms with van der Waals surface area (Å²) >= 11 is 5.44. The number of aromatic nitrogens is 1. The van der Waals surface area contributed by atoms with E-state index in [0.29, 0.717) is 11.7 Å². The van der Waals surface area contributed by atoms with Crippen molar-refractivity contribution in [3.05, 3.63) is 18.3 Å². The van der Waals surface area contributed by atoms with E-state index in [1.165, 1.54) is 0 Å². The van der Waals surface area contributed by atoms with Crippen molar-refractivity contribution in [3.8, 4) is 0 Å². The topological polar surface area (TPSA) is 48.5 Å². The molecular weight excluding hydrogens is 264 g/mol. The van der Waals surface area contributed by atoms with Gasteiger partial charge in [0.1, 0.15) is 11.7 Å². The van der Waals surface area contributed by atoms with Gasteiger partial charge in [-0.05, 0) is 32.6 Å². The van der Waals surface area contributed by atoms with Gasteiger partial charge in [0.15, 0.2) is 0 Å². The van der Waals surface area contributed by atoms with Crippen LogP contribution in [0, 0.1) is 0 Å². The molecule has 1 fully saturated rings. The Bertz CT molecular complexity index is 435. The van der Waals surface area contributed by atoms with Crippen LogP contribution in [-0.4, -0.2) is 54.9 Å². The van der Waals surface area contributed by atoms with Gasteiger partial charge in [0.05, 0.1) is 11.9 Å². The summed E-state index contributed by atoms with van der Waals surface area (Å²) in [7, 11) is 4.21. The van der Waals surface area contributed by atoms with Crippen LogP contribution in [0.4, 0.5) is 11.5 Å². The smallest absolute Gasteiger partial charge is 0.239 e. The molecule has 0 saturated carbocycles. The molecule has 0 aliphatic carbocycles. The van der Waals surface area contributed by atoms with Crippen molar-refractivity contribution in [1.29, 1.82) is 0 Å². The molecular formula is C13H19ClN4O. The maximum Gasteiger partial charge on any atom is 0.239 e. The highest BCUT2D eigenvalue weighted by atomic mass is 35.5. The van der Waals surface area contributed by atoms with E-state index in [4.69, 9.17) is 11.6 Å². The molecule has 0 bridgehead atoms. The molecule has 19 heavy (non-hydrogen) atoms. The highest BCUT2D eigenvalue weighted by Crippen LogP contribution is 2.21. The van der Waals surface area contributed by atoms with Crippen LogP contribution in [0.3, 0.4) is 0 Å². The van der Waals surface area contributed by atoms with E-state index in [0.717, 1.165) is 25.3 Å². The Hall–Kier alpha value is -1.33. The lowest BCUT2D eigenvalue weighted by Crippen LogP contribution is -2.31. The van der Waals surface area contributed by atoms with Crippen LogP contribution < -0.4 is 10.2 Å². The molecule has 6 heteroatoms. The number of carbonyl (C=O) groups excluding carboxylic acids is 1. The van der Waals surface area contributed by atoms with Crippen LogP contribution in [0.15, 0.2) is 18.3 Å². The van der Waals surface area contributed by atoms with Crippen molar-refractivity contribution in [2.24, 2.45) is 0 Å². The molecule has 1 atom stereocenters. The van der Waals surface area contributed by atoms with Crippen molar-refractivity contribution in [2.75, 3.05) is 43.3 Å². The molecule has 1 saturated heterocycles. The number of carbonyl (C=O) groups is 1. The van der Waals surface area contributed by atoms with Crippen LogP contribution in [-0.2, 0) is 4.79 Å². The third kappa shape index (κ3) is 3.58. The molecule has 104 valence electrons. The number of likely N-dealkylation sites (N-methyl/N-ethyl adjacent to an activating group) is 1. The zero-order chi connectivity index (χ0) is 13.8. The lowest BCUT2D eigenvalue weighted by molar-refractivity contribution is -0.113. The van der Waals surface area contributed by atoms with E-state index in [9.17, 15) is 4.79 Å². The molecule has 0 radical (unpaired) electrons. The zero-order valence-corrected chi connectivity index (χ0v) is 12.0. The third-order valence-corrected chi connectivity index (χ3v) is 3.61. The Kier molecular flexibility index (Phi) is 4.61. The summed E-state index contributed by atoms with van der Waals surface area (Å²) in [6.07, 6.45) is 2.82. The minimum atomic E-state index is -0.218. The van der Waals surface area contributed by atoms with Crippen molar-refractivity contribution >= 4 is 29.0 Å². The largest absolute Gasteiger partial charge is 0.355 e. The molecule has 1 aliphatic rings. The number of hydrogen-bond acceptors (Lipinski definition) is 4. The van der Waals surface area contributed by atoms with Gasteiger partial charge in [0, 0.05) is 19.1 Å². The second kappa shape index (κ2) is 6.21. The molecule has 1 N–H and O–H groups in total. The summed E-state index contributed by atoms with van der Waals surface area (Å²) in [5.41, 5.74) is 0.678. The minimum Gasteiger partial charge on any atom is -0.355 e. The van der Waals surface area contributed by atoms with Gasteiger partial charge in [-0.2, -0.15) is 0 Å². The fourth-order valence-corrected chi connectivity index (χ4v) is 2.28. The van der Waals surface area contributed by atoms with Crippen LogP contribution in [0.5, 0.6) is 0 Å². The second-order valence-corrected chi connectivity index (χ2v) is 5.21. The van der Waals surface area contributed by atoms with Crippen molar-refractivity contribution < 1.29 is 4.79 Å². The molecule has 2 heterocycles. The van der Waals surface area contributed by atoms with Crippen LogP contribution in [0.2, 0.25) is 0 Å². The number of amides is 1. The van der Waals surface area contributed by atoms with E-state index >= 15 is 0 Å². The molecule has 1 aromatic rings. The summed E-state index contributed by atoms with van der Waals surface area (Å²) in [4.78, 5) is 20.1. The number of nitrogens with one attached hydrogen (secondary N) is 1. The van der Waals surface area contributed by atoms with Crippen LogP contribution in [0.25, 0.3) is 0 Å². The van der Waals surface area contributed by atoms with Gasteiger partial charge in [-0.1, -0.05) is 0 Å². The van der Waals surface area contributed by atoms with Crippen LogP contribution in [0.1, 0.15) is 6.42 Å². The maximum atomic E-state index is 11.2. The Morgan fingerprint density at radius 2 is 2.37 bits per heavy atom. The summed E-state index contributed by atoms with van der Waals surface area (Å²) in [6.45, 7) is 2.01. The quantitative estimate of drug-likeness (QED) is 0.848. The first kappa shape index (κ1) is 14.1. The summed E-state index contributed by atoms with van der Waals surface area (Å²) < 4.78 is 0. The summed E-state index contributed by atoms with van der Waals surface area (Å²) in [5, 5.41) is 2.68.